The molecule has 1 aliphatic rings. The van der Waals surface area contributed by atoms with E-state index >= 15 is 0 Å². The largest absolute Gasteiger partial charge is 0.321 e. The minimum Gasteiger partial charge on any atom is -0.321 e. The summed E-state index contributed by atoms with van der Waals surface area (Å²) in [5, 5.41) is 0.549. The van der Waals surface area contributed by atoms with Crippen molar-refractivity contribution in [3.63, 3.8) is 0 Å². The Morgan fingerprint density at radius 1 is 1.27 bits per heavy atom. The van der Waals surface area contributed by atoms with E-state index in [0.29, 0.717) is 22.7 Å². The van der Waals surface area contributed by atoms with Crippen molar-refractivity contribution >= 4 is 11.6 Å². The van der Waals surface area contributed by atoms with E-state index in [1.807, 2.05) is 14.1 Å². The highest BCUT2D eigenvalue weighted by Crippen LogP contribution is 2.33. The third-order valence-corrected chi connectivity index (χ3v) is 4.30. The minimum absolute atomic E-state index is 0.0985. The SMILES string of the molecule is CN(C)CC#CC1CCC(CC(N)c2ncc(Cl)cn2)CC1. The zero-order chi connectivity index (χ0) is 15.9. The average molecular weight is 321 g/mol. The van der Waals surface area contributed by atoms with E-state index < -0.39 is 0 Å². The van der Waals surface area contributed by atoms with Crippen LogP contribution in [-0.4, -0.2) is 35.5 Å². The molecular weight excluding hydrogens is 296 g/mol. The molecule has 2 rings (SSSR count). The summed E-state index contributed by atoms with van der Waals surface area (Å²) in [5.41, 5.74) is 6.22. The van der Waals surface area contributed by atoms with Gasteiger partial charge in [-0.1, -0.05) is 23.4 Å². The van der Waals surface area contributed by atoms with Gasteiger partial charge in [-0.3, -0.25) is 4.90 Å². The Morgan fingerprint density at radius 2 is 1.91 bits per heavy atom. The topological polar surface area (TPSA) is 55.0 Å². The number of hydrogen-bond acceptors (Lipinski definition) is 4. The van der Waals surface area contributed by atoms with E-state index in [0.717, 1.165) is 13.0 Å². The Kier molecular flexibility index (Phi) is 6.63. The highest BCUT2D eigenvalue weighted by atomic mass is 35.5. The molecule has 1 saturated carbocycles. The minimum atomic E-state index is -0.0985. The van der Waals surface area contributed by atoms with Crippen molar-refractivity contribution < 1.29 is 0 Å². The predicted octanol–water partition coefficient (Wildman–Crippen LogP) is 2.89. The highest BCUT2D eigenvalue weighted by Gasteiger charge is 2.23. The first-order valence-corrected chi connectivity index (χ1v) is 8.28. The summed E-state index contributed by atoms with van der Waals surface area (Å²) in [6.45, 7) is 0.846. The van der Waals surface area contributed by atoms with Gasteiger partial charge in [0.1, 0.15) is 5.82 Å². The van der Waals surface area contributed by atoms with E-state index in [2.05, 4.69) is 26.7 Å². The third-order valence-electron chi connectivity index (χ3n) is 4.11. The van der Waals surface area contributed by atoms with Crippen molar-refractivity contribution in [2.45, 2.75) is 38.1 Å². The molecule has 0 amide bonds. The molecule has 0 saturated heterocycles. The summed E-state index contributed by atoms with van der Waals surface area (Å²) < 4.78 is 0. The summed E-state index contributed by atoms with van der Waals surface area (Å²) in [4.78, 5) is 10.5. The Hall–Kier alpha value is -1.15. The zero-order valence-corrected chi connectivity index (χ0v) is 14.2. The molecule has 0 aromatic carbocycles. The second kappa shape index (κ2) is 8.47. The van der Waals surface area contributed by atoms with E-state index in [-0.39, 0.29) is 6.04 Å². The Labute approximate surface area is 138 Å². The van der Waals surface area contributed by atoms with Gasteiger partial charge in [0.15, 0.2) is 0 Å². The number of nitrogens with two attached hydrogens (primary N) is 1. The molecule has 0 radical (unpaired) electrons. The molecule has 0 spiro atoms. The molecule has 5 heteroatoms. The van der Waals surface area contributed by atoms with Gasteiger partial charge in [0.2, 0.25) is 0 Å². The lowest BCUT2D eigenvalue weighted by Crippen LogP contribution is -2.21. The van der Waals surface area contributed by atoms with Crippen molar-refractivity contribution in [1.82, 2.24) is 14.9 Å². The monoisotopic (exact) mass is 320 g/mol. The molecule has 1 atom stereocenters. The number of rotatable bonds is 4. The molecular formula is C17H25ClN4. The Balaban J connectivity index is 1.77. The molecule has 0 aliphatic heterocycles. The second-order valence-corrected chi connectivity index (χ2v) is 6.81. The van der Waals surface area contributed by atoms with Crippen LogP contribution in [0.3, 0.4) is 0 Å². The molecule has 22 heavy (non-hydrogen) atoms. The zero-order valence-electron chi connectivity index (χ0n) is 13.4. The normalized spacial score (nSPS) is 23.0. The maximum atomic E-state index is 6.22. The summed E-state index contributed by atoms with van der Waals surface area (Å²) in [6.07, 6.45) is 8.92. The van der Waals surface area contributed by atoms with Crippen LogP contribution >= 0.6 is 11.6 Å². The number of halogens is 1. The molecule has 2 N–H and O–H groups in total. The fraction of sp³-hybridized carbons (Fsp3) is 0.647. The first kappa shape index (κ1) is 17.2. The van der Waals surface area contributed by atoms with Gasteiger partial charge in [-0.15, -0.1) is 0 Å². The average Bonchev–Trinajstić information content (AvgIpc) is 2.49. The van der Waals surface area contributed by atoms with Gasteiger partial charge >= 0.3 is 0 Å². The predicted molar refractivity (Wildman–Crippen MR) is 90.4 cm³/mol. The number of hydrogen-bond donors (Lipinski definition) is 1. The lowest BCUT2D eigenvalue weighted by Gasteiger charge is -2.27. The lowest BCUT2D eigenvalue weighted by molar-refractivity contribution is 0.284. The van der Waals surface area contributed by atoms with Crippen molar-refractivity contribution in [3.05, 3.63) is 23.2 Å². The molecule has 0 bridgehead atoms. The fourth-order valence-corrected chi connectivity index (χ4v) is 2.97. The van der Waals surface area contributed by atoms with E-state index in [1.165, 1.54) is 25.7 Å². The molecule has 1 fully saturated rings. The van der Waals surface area contributed by atoms with E-state index in [1.54, 1.807) is 12.4 Å². The van der Waals surface area contributed by atoms with Crippen LogP contribution in [0.25, 0.3) is 0 Å². The van der Waals surface area contributed by atoms with Crippen LogP contribution in [0.15, 0.2) is 12.4 Å². The maximum Gasteiger partial charge on any atom is 0.144 e. The van der Waals surface area contributed by atoms with Gasteiger partial charge in [0.25, 0.3) is 0 Å². The summed E-state index contributed by atoms with van der Waals surface area (Å²) >= 11 is 5.80. The van der Waals surface area contributed by atoms with Gasteiger partial charge < -0.3 is 5.73 Å². The smallest absolute Gasteiger partial charge is 0.144 e. The molecule has 1 aliphatic carbocycles. The molecule has 1 unspecified atom stereocenters. The third kappa shape index (κ3) is 5.57. The maximum absolute atomic E-state index is 6.22. The Morgan fingerprint density at radius 3 is 2.50 bits per heavy atom. The van der Waals surface area contributed by atoms with Crippen LogP contribution in [0.1, 0.15) is 44.0 Å². The number of nitrogens with zero attached hydrogens (tertiary/aromatic N) is 3. The molecule has 120 valence electrons. The summed E-state index contributed by atoms with van der Waals surface area (Å²) in [7, 11) is 4.09. The summed E-state index contributed by atoms with van der Waals surface area (Å²) in [5.74, 6) is 8.56. The van der Waals surface area contributed by atoms with Crippen molar-refractivity contribution in [1.29, 1.82) is 0 Å². The van der Waals surface area contributed by atoms with Gasteiger partial charge in [0, 0.05) is 18.3 Å². The quantitative estimate of drug-likeness (QED) is 0.867. The standard InChI is InChI=1S/C17H25ClN4/c1-22(2)9-3-4-13-5-7-14(8-6-13)10-16(19)17-20-11-15(18)12-21-17/h11-14,16H,5-10,19H2,1-2H3. The fourth-order valence-electron chi connectivity index (χ4n) is 2.87. The number of aromatic nitrogens is 2. The first-order valence-electron chi connectivity index (χ1n) is 7.90. The summed E-state index contributed by atoms with van der Waals surface area (Å²) in [6, 6.07) is -0.0985. The van der Waals surface area contributed by atoms with E-state index in [9.17, 15) is 0 Å². The molecule has 1 aromatic rings. The second-order valence-electron chi connectivity index (χ2n) is 6.38. The van der Waals surface area contributed by atoms with Crippen molar-refractivity contribution in [2.24, 2.45) is 17.6 Å². The van der Waals surface area contributed by atoms with Crippen LogP contribution in [0, 0.1) is 23.7 Å². The van der Waals surface area contributed by atoms with Gasteiger partial charge in [0.05, 0.1) is 17.6 Å². The van der Waals surface area contributed by atoms with Crippen LogP contribution < -0.4 is 5.73 Å². The highest BCUT2D eigenvalue weighted by molar-refractivity contribution is 6.30. The van der Waals surface area contributed by atoms with Crippen LogP contribution in [-0.2, 0) is 0 Å². The first-order chi connectivity index (χ1) is 10.5. The Bertz CT molecular complexity index is 510. The van der Waals surface area contributed by atoms with Crippen molar-refractivity contribution in [2.75, 3.05) is 20.6 Å². The van der Waals surface area contributed by atoms with Gasteiger partial charge in [-0.05, 0) is 52.1 Å². The molecule has 1 heterocycles. The van der Waals surface area contributed by atoms with Crippen LogP contribution in [0.4, 0.5) is 0 Å². The van der Waals surface area contributed by atoms with Crippen LogP contribution in [0.2, 0.25) is 5.02 Å². The van der Waals surface area contributed by atoms with E-state index in [4.69, 9.17) is 17.3 Å². The molecule has 4 nitrogen and oxygen atoms in total. The van der Waals surface area contributed by atoms with Gasteiger partial charge in [-0.2, -0.15) is 0 Å². The van der Waals surface area contributed by atoms with Gasteiger partial charge in [-0.25, -0.2) is 9.97 Å². The molecule has 1 aromatic heterocycles. The van der Waals surface area contributed by atoms with Crippen LogP contribution in [0.5, 0.6) is 0 Å². The van der Waals surface area contributed by atoms with Crippen molar-refractivity contribution in [3.8, 4) is 11.8 Å². The lowest BCUT2D eigenvalue weighted by atomic mass is 9.79.